The molecular weight excluding hydrogens is 404 g/mol. The quantitative estimate of drug-likeness (QED) is 0.536. The van der Waals surface area contributed by atoms with Crippen molar-refractivity contribution < 1.29 is 19.1 Å². The number of imide groups is 1. The van der Waals surface area contributed by atoms with E-state index in [9.17, 15) is 14.4 Å². The van der Waals surface area contributed by atoms with Crippen molar-refractivity contribution in [3.63, 3.8) is 0 Å². The molecule has 1 unspecified atom stereocenters. The minimum atomic E-state index is -0.352. The summed E-state index contributed by atoms with van der Waals surface area (Å²) in [5.74, 6) is 0.110. The predicted molar refractivity (Wildman–Crippen MR) is 123 cm³/mol. The third-order valence-corrected chi connectivity index (χ3v) is 5.63. The van der Waals surface area contributed by atoms with Gasteiger partial charge < -0.3 is 10.1 Å². The number of ether oxygens (including phenoxy) is 1. The largest absolute Gasteiger partial charge is 0.484 e. The van der Waals surface area contributed by atoms with Crippen molar-refractivity contribution in [1.29, 1.82) is 0 Å². The third kappa shape index (κ3) is 4.25. The van der Waals surface area contributed by atoms with Gasteiger partial charge in [-0.25, -0.2) is 4.90 Å². The fourth-order valence-corrected chi connectivity index (χ4v) is 3.59. The summed E-state index contributed by atoms with van der Waals surface area (Å²) in [6.07, 6.45) is 1.06. The standard InChI is InChI=1S/C26H24N2O4/c1-3-17(2)18-8-14-21(15-9-18)32-16-24(29)27-19-10-12-20(13-11-19)28-25(30)22-6-4-5-7-23(22)26(28)31/h4-15,17H,3,16H2,1-2H3,(H,27,29). The molecule has 1 aliphatic heterocycles. The van der Waals surface area contributed by atoms with Crippen LogP contribution in [0.2, 0.25) is 0 Å². The fourth-order valence-electron chi connectivity index (χ4n) is 3.59. The van der Waals surface area contributed by atoms with Crippen LogP contribution in [0, 0.1) is 0 Å². The molecule has 1 aliphatic rings. The van der Waals surface area contributed by atoms with Crippen LogP contribution >= 0.6 is 0 Å². The van der Waals surface area contributed by atoms with Crippen molar-refractivity contribution in [1.82, 2.24) is 0 Å². The number of amides is 3. The van der Waals surface area contributed by atoms with Crippen LogP contribution in [0.1, 0.15) is 52.5 Å². The molecule has 0 bridgehead atoms. The van der Waals surface area contributed by atoms with Crippen molar-refractivity contribution >= 4 is 29.1 Å². The van der Waals surface area contributed by atoms with Gasteiger partial charge in [0.25, 0.3) is 17.7 Å². The van der Waals surface area contributed by atoms with Crippen LogP contribution in [0.4, 0.5) is 11.4 Å². The van der Waals surface area contributed by atoms with E-state index < -0.39 is 0 Å². The smallest absolute Gasteiger partial charge is 0.266 e. The van der Waals surface area contributed by atoms with Gasteiger partial charge in [0.15, 0.2) is 6.61 Å². The number of carbonyl (C=O) groups excluding carboxylic acids is 3. The molecule has 0 aliphatic carbocycles. The Morgan fingerprint density at radius 2 is 1.50 bits per heavy atom. The van der Waals surface area contributed by atoms with Gasteiger partial charge in [-0.2, -0.15) is 0 Å². The molecule has 162 valence electrons. The van der Waals surface area contributed by atoms with Gasteiger partial charge in [0.1, 0.15) is 5.75 Å². The van der Waals surface area contributed by atoms with Gasteiger partial charge in [0, 0.05) is 5.69 Å². The molecule has 0 saturated heterocycles. The van der Waals surface area contributed by atoms with Crippen molar-refractivity contribution in [2.45, 2.75) is 26.2 Å². The van der Waals surface area contributed by atoms with E-state index in [4.69, 9.17) is 4.74 Å². The van der Waals surface area contributed by atoms with Gasteiger partial charge in [-0.1, -0.05) is 38.1 Å². The molecule has 32 heavy (non-hydrogen) atoms. The summed E-state index contributed by atoms with van der Waals surface area (Å²) in [6, 6.07) is 21.1. The lowest BCUT2D eigenvalue weighted by Gasteiger charge is -2.15. The fraction of sp³-hybridized carbons (Fsp3) is 0.192. The van der Waals surface area contributed by atoms with Crippen LogP contribution in [-0.4, -0.2) is 24.3 Å². The van der Waals surface area contributed by atoms with Crippen LogP contribution in [0.3, 0.4) is 0 Å². The number of hydrogen-bond donors (Lipinski definition) is 1. The Bertz CT molecular complexity index is 1120. The number of carbonyl (C=O) groups is 3. The maximum Gasteiger partial charge on any atom is 0.266 e. The number of nitrogens with one attached hydrogen (secondary N) is 1. The number of rotatable bonds is 7. The molecule has 0 fully saturated rings. The number of anilines is 2. The third-order valence-electron chi connectivity index (χ3n) is 5.63. The predicted octanol–water partition coefficient (Wildman–Crippen LogP) is 5.02. The number of nitrogens with zero attached hydrogens (tertiary/aromatic N) is 1. The van der Waals surface area contributed by atoms with E-state index in [1.165, 1.54) is 5.56 Å². The van der Waals surface area contributed by atoms with E-state index in [1.807, 2.05) is 24.3 Å². The Morgan fingerprint density at radius 3 is 2.06 bits per heavy atom. The lowest BCUT2D eigenvalue weighted by atomic mass is 9.99. The first-order valence-corrected chi connectivity index (χ1v) is 10.6. The summed E-state index contributed by atoms with van der Waals surface area (Å²) in [6.45, 7) is 4.19. The molecule has 0 spiro atoms. The van der Waals surface area contributed by atoms with Gasteiger partial charge in [-0.05, 0) is 66.4 Å². The first-order valence-electron chi connectivity index (χ1n) is 10.6. The zero-order valence-electron chi connectivity index (χ0n) is 18.0. The first-order chi connectivity index (χ1) is 15.5. The summed E-state index contributed by atoms with van der Waals surface area (Å²) in [4.78, 5) is 38.6. The lowest BCUT2D eigenvalue weighted by Crippen LogP contribution is -2.29. The molecule has 4 rings (SSSR count). The van der Waals surface area contributed by atoms with Gasteiger partial charge >= 0.3 is 0 Å². The molecule has 6 heteroatoms. The molecule has 6 nitrogen and oxygen atoms in total. The molecular formula is C26H24N2O4. The molecule has 1 atom stereocenters. The highest BCUT2D eigenvalue weighted by molar-refractivity contribution is 6.34. The molecule has 0 aromatic heterocycles. The maximum absolute atomic E-state index is 12.6. The SMILES string of the molecule is CCC(C)c1ccc(OCC(=O)Nc2ccc(N3C(=O)c4ccccc4C3=O)cc2)cc1. The summed E-state index contributed by atoms with van der Waals surface area (Å²) in [5.41, 5.74) is 3.02. The summed E-state index contributed by atoms with van der Waals surface area (Å²) in [7, 11) is 0. The molecule has 1 heterocycles. The monoisotopic (exact) mass is 428 g/mol. The second-order valence-corrected chi connectivity index (χ2v) is 7.75. The maximum atomic E-state index is 12.6. The molecule has 0 radical (unpaired) electrons. The van der Waals surface area contributed by atoms with Crippen LogP contribution in [-0.2, 0) is 4.79 Å². The molecule has 0 saturated carbocycles. The molecule has 3 aromatic carbocycles. The van der Waals surface area contributed by atoms with Crippen LogP contribution in [0.15, 0.2) is 72.8 Å². The van der Waals surface area contributed by atoms with E-state index in [0.29, 0.717) is 34.2 Å². The van der Waals surface area contributed by atoms with E-state index in [1.54, 1.807) is 48.5 Å². The number of hydrogen-bond acceptors (Lipinski definition) is 4. The summed E-state index contributed by atoms with van der Waals surface area (Å²) >= 11 is 0. The average Bonchev–Trinajstić information content (AvgIpc) is 3.08. The topological polar surface area (TPSA) is 75.7 Å². The second-order valence-electron chi connectivity index (χ2n) is 7.75. The molecule has 3 amide bonds. The Morgan fingerprint density at radius 1 is 0.906 bits per heavy atom. The van der Waals surface area contributed by atoms with Crippen molar-refractivity contribution in [3.05, 3.63) is 89.5 Å². The highest BCUT2D eigenvalue weighted by Crippen LogP contribution is 2.29. The molecule has 1 N–H and O–H groups in total. The van der Waals surface area contributed by atoms with Crippen LogP contribution in [0.25, 0.3) is 0 Å². The van der Waals surface area contributed by atoms with Crippen molar-refractivity contribution in [2.75, 3.05) is 16.8 Å². The number of benzene rings is 3. The minimum absolute atomic E-state index is 0.122. The van der Waals surface area contributed by atoms with Gasteiger partial charge in [-0.3, -0.25) is 14.4 Å². The van der Waals surface area contributed by atoms with E-state index in [-0.39, 0.29) is 24.3 Å². The van der Waals surface area contributed by atoms with Crippen LogP contribution < -0.4 is 15.0 Å². The van der Waals surface area contributed by atoms with Crippen LogP contribution in [0.5, 0.6) is 5.75 Å². The van der Waals surface area contributed by atoms with Gasteiger partial charge in [0.05, 0.1) is 16.8 Å². The van der Waals surface area contributed by atoms with Gasteiger partial charge in [0.2, 0.25) is 0 Å². The molecule has 3 aromatic rings. The Kier molecular flexibility index (Phi) is 6.03. The van der Waals surface area contributed by atoms with E-state index in [0.717, 1.165) is 11.3 Å². The Hall–Kier alpha value is -3.93. The first kappa shape index (κ1) is 21.3. The highest BCUT2D eigenvalue weighted by atomic mass is 16.5. The summed E-state index contributed by atoms with van der Waals surface area (Å²) < 4.78 is 5.57. The summed E-state index contributed by atoms with van der Waals surface area (Å²) in [5, 5.41) is 2.76. The van der Waals surface area contributed by atoms with Gasteiger partial charge in [-0.15, -0.1) is 0 Å². The Labute approximate surface area is 186 Å². The lowest BCUT2D eigenvalue weighted by molar-refractivity contribution is -0.118. The average molecular weight is 428 g/mol. The Balaban J connectivity index is 1.34. The van der Waals surface area contributed by atoms with E-state index >= 15 is 0 Å². The minimum Gasteiger partial charge on any atom is -0.484 e. The zero-order chi connectivity index (χ0) is 22.7. The zero-order valence-corrected chi connectivity index (χ0v) is 18.0. The van der Waals surface area contributed by atoms with Crippen molar-refractivity contribution in [2.24, 2.45) is 0 Å². The highest BCUT2D eigenvalue weighted by Gasteiger charge is 2.36. The normalized spacial score (nSPS) is 13.6. The van der Waals surface area contributed by atoms with Crippen molar-refractivity contribution in [3.8, 4) is 5.75 Å². The van der Waals surface area contributed by atoms with E-state index in [2.05, 4.69) is 19.2 Å². The number of fused-ring (bicyclic) bond motifs is 1. The second kappa shape index (κ2) is 9.06.